The molecule has 0 spiro atoms. The Labute approximate surface area is 149 Å². The van der Waals surface area contributed by atoms with Gasteiger partial charge in [-0.15, -0.1) is 0 Å². The van der Waals surface area contributed by atoms with Gasteiger partial charge in [-0.1, -0.05) is 30.3 Å². The van der Waals surface area contributed by atoms with Crippen LogP contribution in [0.3, 0.4) is 0 Å². The molecule has 3 rings (SSSR count). The highest BCUT2D eigenvalue weighted by Gasteiger charge is 2.39. The summed E-state index contributed by atoms with van der Waals surface area (Å²) in [6.07, 6.45) is -3.21. The van der Waals surface area contributed by atoms with Crippen molar-refractivity contribution in [1.29, 1.82) is 0 Å². The van der Waals surface area contributed by atoms with E-state index >= 15 is 0 Å². The molecule has 0 bridgehead atoms. The first-order chi connectivity index (χ1) is 12.3. The number of amides is 1. The summed E-state index contributed by atoms with van der Waals surface area (Å²) in [6.45, 7) is 1.33. The molecule has 140 valence electrons. The van der Waals surface area contributed by atoms with Gasteiger partial charge in [-0.3, -0.25) is 9.48 Å². The number of rotatable bonds is 3. The number of nitrogens with zero attached hydrogens (tertiary/aromatic N) is 3. The Kier molecular flexibility index (Phi) is 4.79. The largest absolute Gasteiger partial charge is 0.433 e. The molecule has 1 saturated heterocycles. The zero-order valence-electron chi connectivity index (χ0n) is 14.5. The third kappa shape index (κ3) is 3.33. The van der Waals surface area contributed by atoms with Crippen LogP contribution in [-0.4, -0.2) is 40.2 Å². The second-order valence-corrected chi connectivity index (χ2v) is 6.68. The van der Waals surface area contributed by atoms with Crippen LogP contribution in [0.25, 0.3) is 0 Å². The van der Waals surface area contributed by atoms with E-state index in [-0.39, 0.29) is 11.1 Å². The Bertz CT molecular complexity index is 777. The maximum Gasteiger partial charge on any atom is 0.433 e. The maximum atomic E-state index is 12.9. The van der Waals surface area contributed by atoms with E-state index in [1.807, 2.05) is 30.3 Å². The summed E-state index contributed by atoms with van der Waals surface area (Å²) in [5.41, 5.74) is 5.84. The zero-order valence-corrected chi connectivity index (χ0v) is 14.5. The van der Waals surface area contributed by atoms with Gasteiger partial charge in [0.2, 0.25) is 0 Å². The molecule has 0 saturated carbocycles. The van der Waals surface area contributed by atoms with E-state index in [1.165, 1.54) is 7.05 Å². The smallest absolute Gasteiger partial charge is 0.337 e. The van der Waals surface area contributed by atoms with Crippen molar-refractivity contribution < 1.29 is 18.0 Å². The van der Waals surface area contributed by atoms with Crippen LogP contribution in [0.2, 0.25) is 0 Å². The summed E-state index contributed by atoms with van der Waals surface area (Å²) in [5, 5.41) is 3.75. The number of hydrogen-bond acceptors (Lipinski definition) is 3. The van der Waals surface area contributed by atoms with Crippen LogP contribution in [0, 0.1) is 0 Å². The van der Waals surface area contributed by atoms with Crippen molar-refractivity contribution in [3.63, 3.8) is 0 Å². The van der Waals surface area contributed by atoms with Gasteiger partial charge in [0.05, 0.1) is 0 Å². The average Bonchev–Trinajstić information content (AvgIpc) is 3.04. The van der Waals surface area contributed by atoms with Crippen LogP contribution in [0.1, 0.15) is 34.6 Å². The van der Waals surface area contributed by atoms with Crippen LogP contribution < -0.4 is 5.73 Å². The van der Waals surface area contributed by atoms with E-state index < -0.39 is 17.8 Å². The first-order valence-corrected chi connectivity index (χ1v) is 8.43. The Hall–Kier alpha value is -2.35. The van der Waals surface area contributed by atoms with Crippen LogP contribution in [-0.2, 0) is 18.6 Å². The highest BCUT2D eigenvalue weighted by molar-refractivity contribution is 5.92. The highest BCUT2D eigenvalue weighted by Crippen LogP contribution is 2.35. The van der Waals surface area contributed by atoms with Gasteiger partial charge in [0.15, 0.2) is 5.69 Å². The van der Waals surface area contributed by atoms with Crippen LogP contribution in [0.4, 0.5) is 13.2 Å². The van der Waals surface area contributed by atoms with E-state index in [2.05, 4.69) is 5.10 Å². The lowest BCUT2D eigenvalue weighted by Gasteiger charge is -2.41. The van der Waals surface area contributed by atoms with Crippen molar-refractivity contribution in [1.82, 2.24) is 14.7 Å². The number of halogens is 3. The zero-order chi connectivity index (χ0) is 18.9. The van der Waals surface area contributed by atoms with Gasteiger partial charge in [-0.05, 0) is 18.4 Å². The molecule has 1 aliphatic rings. The number of aryl methyl sites for hydroxylation is 1. The second kappa shape index (κ2) is 6.75. The normalized spacial score (nSPS) is 17.3. The molecule has 1 fully saturated rings. The molecule has 1 aliphatic heterocycles. The van der Waals surface area contributed by atoms with Crippen molar-refractivity contribution in [2.24, 2.45) is 12.8 Å². The maximum absolute atomic E-state index is 12.9. The number of alkyl halides is 3. The number of carbonyl (C=O) groups is 1. The lowest BCUT2D eigenvalue weighted by atomic mass is 9.73. The standard InChI is InChI=1S/C18H21F3N4O/c1-24-15(18(19,20)21)11-14(23-24)16(26)25-9-7-17(12-22,8-10-25)13-5-3-2-4-6-13/h2-6,11H,7-10,12,22H2,1H3. The number of piperidine rings is 1. The average molecular weight is 366 g/mol. The fraction of sp³-hybridized carbons (Fsp3) is 0.444. The van der Waals surface area contributed by atoms with Crippen LogP contribution in [0.15, 0.2) is 36.4 Å². The summed E-state index contributed by atoms with van der Waals surface area (Å²) in [7, 11) is 1.19. The van der Waals surface area contributed by atoms with Gasteiger partial charge < -0.3 is 10.6 Å². The molecule has 0 unspecified atom stereocenters. The Balaban J connectivity index is 1.75. The number of nitrogens with two attached hydrogens (primary N) is 1. The van der Waals surface area contributed by atoms with E-state index in [0.717, 1.165) is 11.6 Å². The first-order valence-electron chi connectivity index (χ1n) is 8.43. The van der Waals surface area contributed by atoms with Crippen LogP contribution >= 0.6 is 0 Å². The number of carbonyl (C=O) groups excluding carboxylic acids is 1. The monoisotopic (exact) mass is 366 g/mol. The van der Waals surface area contributed by atoms with Gasteiger partial charge in [0, 0.05) is 38.2 Å². The predicted octanol–water partition coefficient (Wildman–Crippen LogP) is 2.57. The van der Waals surface area contributed by atoms with E-state index in [0.29, 0.717) is 37.2 Å². The summed E-state index contributed by atoms with van der Waals surface area (Å²) in [5.74, 6) is -0.477. The molecule has 1 aromatic heterocycles. The van der Waals surface area contributed by atoms with Gasteiger partial charge in [-0.25, -0.2) is 0 Å². The number of likely N-dealkylation sites (tertiary alicyclic amines) is 1. The van der Waals surface area contributed by atoms with Crippen molar-refractivity contribution in [3.8, 4) is 0 Å². The van der Waals surface area contributed by atoms with Gasteiger partial charge in [-0.2, -0.15) is 18.3 Å². The van der Waals surface area contributed by atoms with Crippen molar-refractivity contribution in [3.05, 3.63) is 53.3 Å². The van der Waals surface area contributed by atoms with Crippen molar-refractivity contribution in [2.75, 3.05) is 19.6 Å². The van der Waals surface area contributed by atoms with Gasteiger partial charge >= 0.3 is 6.18 Å². The SMILES string of the molecule is Cn1nc(C(=O)N2CCC(CN)(c3ccccc3)CC2)cc1C(F)(F)F. The molecule has 1 aromatic carbocycles. The molecule has 2 N–H and O–H groups in total. The Morgan fingerprint density at radius 3 is 2.35 bits per heavy atom. The van der Waals surface area contributed by atoms with E-state index in [4.69, 9.17) is 5.73 Å². The van der Waals surface area contributed by atoms with Gasteiger partial charge in [0.1, 0.15) is 5.69 Å². The summed E-state index contributed by atoms with van der Waals surface area (Å²) in [6, 6.07) is 10.7. The molecule has 5 nitrogen and oxygen atoms in total. The summed E-state index contributed by atoms with van der Waals surface area (Å²) >= 11 is 0. The molecular formula is C18H21F3N4O. The molecular weight excluding hydrogens is 345 g/mol. The Morgan fingerprint density at radius 1 is 1.23 bits per heavy atom. The molecule has 0 aliphatic carbocycles. The topological polar surface area (TPSA) is 64.2 Å². The van der Waals surface area contributed by atoms with Gasteiger partial charge in [0.25, 0.3) is 5.91 Å². The number of aromatic nitrogens is 2. The lowest BCUT2D eigenvalue weighted by Crippen LogP contribution is -2.48. The van der Waals surface area contributed by atoms with Crippen molar-refractivity contribution in [2.45, 2.75) is 24.4 Å². The minimum atomic E-state index is -4.54. The minimum absolute atomic E-state index is 0.181. The quantitative estimate of drug-likeness (QED) is 0.908. The predicted molar refractivity (Wildman–Crippen MR) is 90.5 cm³/mol. The third-order valence-electron chi connectivity index (χ3n) is 5.17. The molecule has 26 heavy (non-hydrogen) atoms. The molecule has 0 atom stereocenters. The van der Waals surface area contributed by atoms with Crippen LogP contribution in [0.5, 0.6) is 0 Å². The van der Waals surface area contributed by atoms with Crippen molar-refractivity contribution >= 4 is 5.91 Å². The third-order valence-corrected chi connectivity index (χ3v) is 5.17. The second-order valence-electron chi connectivity index (χ2n) is 6.68. The molecule has 1 amide bonds. The molecule has 2 aromatic rings. The fourth-order valence-corrected chi connectivity index (χ4v) is 3.54. The molecule has 2 heterocycles. The summed E-state index contributed by atoms with van der Waals surface area (Å²) in [4.78, 5) is 14.1. The van der Waals surface area contributed by atoms with E-state index in [1.54, 1.807) is 4.90 Å². The fourth-order valence-electron chi connectivity index (χ4n) is 3.54. The number of benzene rings is 1. The lowest BCUT2D eigenvalue weighted by molar-refractivity contribution is -0.143. The summed E-state index contributed by atoms with van der Waals surface area (Å²) < 4.78 is 39.4. The first kappa shape index (κ1) is 18.4. The molecule has 0 radical (unpaired) electrons. The molecule has 8 heteroatoms. The highest BCUT2D eigenvalue weighted by atomic mass is 19.4. The number of hydrogen-bond donors (Lipinski definition) is 1. The van der Waals surface area contributed by atoms with E-state index in [9.17, 15) is 18.0 Å². The minimum Gasteiger partial charge on any atom is -0.337 e. The Morgan fingerprint density at radius 2 is 1.85 bits per heavy atom.